The summed E-state index contributed by atoms with van der Waals surface area (Å²) in [7, 11) is -1.50. The third kappa shape index (κ3) is 6.83. The second-order valence-electron chi connectivity index (χ2n) is 7.05. The maximum absolute atomic E-state index is 11.7. The Morgan fingerprint density at radius 3 is 2.48 bits per heavy atom. The molecule has 6 nitrogen and oxygen atoms in total. The molecule has 0 unspecified atom stereocenters. The number of guanidine groups is 1. The second-order valence-corrected chi connectivity index (χ2v) is 9.03. The zero-order valence-corrected chi connectivity index (χ0v) is 21.0. The molecular weight excluding hydrogens is 525 g/mol. The van der Waals surface area contributed by atoms with Gasteiger partial charge in [0, 0.05) is 25.2 Å². The normalized spacial score (nSPS) is 11.6. The van der Waals surface area contributed by atoms with Crippen LogP contribution in [0.4, 0.5) is 0 Å². The van der Waals surface area contributed by atoms with Gasteiger partial charge < -0.3 is 15.4 Å². The van der Waals surface area contributed by atoms with E-state index in [1.54, 1.807) is 20.0 Å². The van der Waals surface area contributed by atoms with E-state index in [1.807, 2.05) is 36.4 Å². The lowest BCUT2D eigenvalue weighted by Crippen LogP contribution is -2.38. The number of hydrogen-bond donors (Lipinski definition) is 2. The fourth-order valence-corrected chi connectivity index (χ4v) is 4.25. The quantitative estimate of drug-likeness (QED) is 0.201. The molecule has 0 bridgehead atoms. The highest BCUT2D eigenvalue weighted by molar-refractivity contribution is 14.0. The van der Waals surface area contributed by atoms with E-state index in [4.69, 9.17) is 4.74 Å². The van der Waals surface area contributed by atoms with Gasteiger partial charge in [0.15, 0.2) is 15.8 Å². The minimum absolute atomic E-state index is 0. The number of halogens is 1. The smallest absolute Gasteiger partial charge is 0.191 e. The van der Waals surface area contributed by atoms with Crippen LogP contribution >= 0.6 is 24.0 Å². The number of benzene rings is 3. The van der Waals surface area contributed by atoms with Crippen LogP contribution in [0, 0.1) is 6.92 Å². The van der Waals surface area contributed by atoms with Crippen molar-refractivity contribution < 1.29 is 13.2 Å². The number of sulfone groups is 1. The zero-order valence-electron chi connectivity index (χ0n) is 17.9. The average molecular weight is 553 g/mol. The fourth-order valence-electron chi connectivity index (χ4n) is 3.30. The predicted molar refractivity (Wildman–Crippen MR) is 137 cm³/mol. The molecule has 0 radical (unpaired) electrons. The van der Waals surface area contributed by atoms with E-state index in [0.29, 0.717) is 30.6 Å². The SMILES string of the molecule is CN=C(NCCOc1cccc2ccccc12)NCc1ccc(S(C)(=O)=O)c(C)c1.I. The van der Waals surface area contributed by atoms with Crippen LogP contribution in [-0.4, -0.2) is 40.8 Å². The first-order valence-electron chi connectivity index (χ1n) is 9.73. The third-order valence-electron chi connectivity index (χ3n) is 4.72. The summed E-state index contributed by atoms with van der Waals surface area (Å²) >= 11 is 0. The van der Waals surface area contributed by atoms with E-state index in [-0.39, 0.29) is 24.0 Å². The first-order valence-corrected chi connectivity index (χ1v) is 11.6. The topological polar surface area (TPSA) is 79.8 Å². The van der Waals surface area contributed by atoms with Crippen LogP contribution in [0.25, 0.3) is 10.8 Å². The Morgan fingerprint density at radius 1 is 1.03 bits per heavy atom. The van der Waals surface area contributed by atoms with Crippen molar-refractivity contribution in [3.8, 4) is 5.75 Å². The molecule has 8 heteroatoms. The van der Waals surface area contributed by atoms with Crippen LogP contribution in [0.15, 0.2) is 70.6 Å². The summed E-state index contributed by atoms with van der Waals surface area (Å²) in [5, 5.41) is 8.70. The van der Waals surface area contributed by atoms with E-state index >= 15 is 0 Å². The van der Waals surface area contributed by atoms with Gasteiger partial charge in [0.1, 0.15) is 12.4 Å². The van der Waals surface area contributed by atoms with Crippen molar-refractivity contribution >= 4 is 50.5 Å². The number of fused-ring (bicyclic) bond motifs is 1. The van der Waals surface area contributed by atoms with Crippen molar-refractivity contribution in [3.05, 3.63) is 71.8 Å². The molecule has 0 saturated carbocycles. The van der Waals surface area contributed by atoms with E-state index in [0.717, 1.165) is 27.6 Å². The molecule has 0 spiro atoms. The van der Waals surface area contributed by atoms with Crippen LogP contribution in [0.2, 0.25) is 0 Å². The molecule has 0 fully saturated rings. The van der Waals surface area contributed by atoms with Crippen LogP contribution in [0.1, 0.15) is 11.1 Å². The van der Waals surface area contributed by atoms with Gasteiger partial charge in [-0.05, 0) is 35.6 Å². The second kappa shape index (κ2) is 11.3. The molecule has 0 aliphatic rings. The molecule has 3 aromatic carbocycles. The lowest BCUT2D eigenvalue weighted by Gasteiger charge is -2.14. The molecule has 3 rings (SSSR count). The standard InChI is InChI=1S/C23H27N3O3S.HI/c1-17-15-18(11-12-22(17)30(3,27)28)16-26-23(24-2)25-13-14-29-21-10-6-8-19-7-4-5-9-20(19)21;/h4-12,15H,13-14,16H2,1-3H3,(H2,24,25,26);1H. The summed E-state index contributed by atoms with van der Waals surface area (Å²) in [5.41, 5.74) is 1.72. The number of aliphatic imine (C=N–C) groups is 1. The zero-order chi connectivity index (χ0) is 21.6. The van der Waals surface area contributed by atoms with Gasteiger partial charge >= 0.3 is 0 Å². The van der Waals surface area contributed by atoms with Crippen molar-refractivity contribution in [2.75, 3.05) is 26.5 Å². The molecule has 166 valence electrons. The summed E-state index contributed by atoms with van der Waals surface area (Å²) < 4.78 is 29.4. The van der Waals surface area contributed by atoms with Crippen molar-refractivity contribution in [3.63, 3.8) is 0 Å². The molecule has 0 amide bonds. The van der Waals surface area contributed by atoms with Crippen molar-refractivity contribution in [1.29, 1.82) is 0 Å². The number of nitrogens with zero attached hydrogens (tertiary/aromatic N) is 1. The van der Waals surface area contributed by atoms with Gasteiger partial charge in [-0.3, -0.25) is 4.99 Å². The predicted octanol–water partition coefficient (Wildman–Crippen LogP) is 3.91. The Bertz CT molecular complexity index is 1160. The van der Waals surface area contributed by atoms with E-state index in [1.165, 1.54) is 6.26 Å². The molecule has 0 aliphatic carbocycles. The Morgan fingerprint density at radius 2 is 1.77 bits per heavy atom. The minimum Gasteiger partial charge on any atom is -0.491 e. The summed E-state index contributed by atoms with van der Waals surface area (Å²) in [6.45, 7) is 3.43. The molecule has 31 heavy (non-hydrogen) atoms. The van der Waals surface area contributed by atoms with Gasteiger partial charge in [0.05, 0.1) is 11.4 Å². The number of ether oxygens (including phenoxy) is 1. The maximum atomic E-state index is 11.7. The Labute approximate surface area is 201 Å². The Hall–Kier alpha value is -2.33. The Kier molecular flexibility index (Phi) is 9.12. The number of rotatable bonds is 7. The number of hydrogen-bond acceptors (Lipinski definition) is 4. The maximum Gasteiger partial charge on any atom is 0.191 e. The van der Waals surface area contributed by atoms with E-state index in [2.05, 4.69) is 33.8 Å². The van der Waals surface area contributed by atoms with Gasteiger partial charge in [-0.2, -0.15) is 0 Å². The summed E-state index contributed by atoms with van der Waals surface area (Å²) in [6, 6.07) is 19.5. The van der Waals surface area contributed by atoms with Gasteiger partial charge in [-0.1, -0.05) is 48.5 Å². The van der Waals surface area contributed by atoms with E-state index < -0.39 is 9.84 Å². The molecule has 0 heterocycles. The van der Waals surface area contributed by atoms with Gasteiger partial charge in [-0.15, -0.1) is 24.0 Å². The Balaban J connectivity index is 0.00000341. The monoisotopic (exact) mass is 553 g/mol. The lowest BCUT2D eigenvalue weighted by molar-refractivity contribution is 0.325. The third-order valence-corrected chi connectivity index (χ3v) is 5.98. The molecule has 0 atom stereocenters. The molecule has 2 N–H and O–H groups in total. The van der Waals surface area contributed by atoms with Crippen LogP contribution < -0.4 is 15.4 Å². The van der Waals surface area contributed by atoms with Crippen LogP contribution in [0.5, 0.6) is 5.75 Å². The first kappa shape index (κ1) is 24.9. The molecular formula is C23H28IN3O3S. The van der Waals surface area contributed by atoms with Gasteiger partial charge in [0.2, 0.25) is 0 Å². The summed E-state index contributed by atoms with van der Waals surface area (Å²) in [5.74, 6) is 1.51. The van der Waals surface area contributed by atoms with Gasteiger partial charge in [-0.25, -0.2) is 8.42 Å². The minimum atomic E-state index is -3.21. The average Bonchev–Trinajstić information content (AvgIpc) is 2.72. The molecule has 0 aliphatic heterocycles. The highest BCUT2D eigenvalue weighted by Crippen LogP contribution is 2.24. The van der Waals surface area contributed by atoms with Crippen molar-refractivity contribution in [1.82, 2.24) is 10.6 Å². The van der Waals surface area contributed by atoms with Crippen LogP contribution in [-0.2, 0) is 16.4 Å². The fraction of sp³-hybridized carbons (Fsp3) is 0.261. The largest absolute Gasteiger partial charge is 0.491 e. The number of nitrogens with one attached hydrogen (secondary N) is 2. The molecule has 3 aromatic rings. The highest BCUT2D eigenvalue weighted by atomic mass is 127. The van der Waals surface area contributed by atoms with E-state index in [9.17, 15) is 8.42 Å². The summed E-state index contributed by atoms with van der Waals surface area (Å²) in [6.07, 6.45) is 1.22. The lowest BCUT2D eigenvalue weighted by atomic mass is 10.1. The molecule has 0 saturated heterocycles. The van der Waals surface area contributed by atoms with Crippen molar-refractivity contribution in [2.45, 2.75) is 18.4 Å². The van der Waals surface area contributed by atoms with Gasteiger partial charge in [0.25, 0.3) is 0 Å². The highest BCUT2D eigenvalue weighted by Gasteiger charge is 2.11. The first-order chi connectivity index (χ1) is 14.4. The van der Waals surface area contributed by atoms with Crippen LogP contribution in [0.3, 0.4) is 0 Å². The van der Waals surface area contributed by atoms with Crippen molar-refractivity contribution in [2.24, 2.45) is 4.99 Å². The summed E-state index contributed by atoms with van der Waals surface area (Å²) in [4.78, 5) is 4.58. The number of aryl methyl sites for hydroxylation is 1. The molecule has 0 aromatic heterocycles.